The Morgan fingerprint density at radius 3 is 2.46 bits per heavy atom. The Labute approximate surface area is 80.5 Å². The summed E-state index contributed by atoms with van der Waals surface area (Å²) in [4.78, 5) is 0. The summed E-state index contributed by atoms with van der Waals surface area (Å²) < 4.78 is 5.29. The highest BCUT2D eigenvalue weighted by atomic mass is 16.5. The van der Waals surface area contributed by atoms with Gasteiger partial charge in [-0.2, -0.15) is 0 Å². The molecular formula is C10H21NO2. The van der Waals surface area contributed by atoms with E-state index in [1.54, 1.807) is 7.11 Å². The van der Waals surface area contributed by atoms with Gasteiger partial charge in [-0.25, -0.2) is 0 Å². The Kier molecular flexibility index (Phi) is 4.70. The Hall–Kier alpha value is -0.120. The standard InChI is InChI=1S/C10H21NO2/c1-8(12)7-11-9-3-5-10(13-2)6-4-9/h8-12H,3-7H2,1-2H3/t8-,9?,10?/m0/s1. The van der Waals surface area contributed by atoms with Crippen LogP contribution >= 0.6 is 0 Å². The van der Waals surface area contributed by atoms with Crippen molar-refractivity contribution in [1.82, 2.24) is 5.32 Å². The van der Waals surface area contributed by atoms with Gasteiger partial charge in [0.2, 0.25) is 0 Å². The highest BCUT2D eigenvalue weighted by molar-refractivity contribution is 4.77. The average molecular weight is 187 g/mol. The van der Waals surface area contributed by atoms with E-state index in [2.05, 4.69) is 5.32 Å². The normalized spacial score (nSPS) is 31.6. The van der Waals surface area contributed by atoms with Crippen molar-refractivity contribution in [2.24, 2.45) is 0 Å². The maximum absolute atomic E-state index is 9.09. The van der Waals surface area contributed by atoms with Gasteiger partial charge in [-0.3, -0.25) is 0 Å². The van der Waals surface area contributed by atoms with Crippen LogP contribution in [0.25, 0.3) is 0 Å². The Morgan fingerprint density at radius 1 is 1.38 bits per heavy atom. The molecule has 1 rings (SSSR count). The fourth-order valence-corrected chi connectivity index (χ4v) is 1.84. The van der Waals surface area contributed by atoms with Gasteiger partial charge in [0, 0.05) is 19.7 Å². The van der Waals surface area contributed by atoms with Crippen molar-refractivity contribution in [2.75, 3.05) is 13.7 Å². The van der Waals surface area contributed by atoms with E-state index in [-0.39, 0.29) is 6.10 Å². The molecule has 0 aromatic rings. The number of ether oxygens (including phenoxy) is 1. The van der Waals surface area contributed by atoms with Gasteiger partial charge in [0.05, 0.1) is 12.2 Å². The quantitative estimate of drug-likeness (QED) is 0.687. The van der Waals surface area contributed by atoms with Crippen LogP contribution in [0.15, 0.2) is 0 Å². The summed E-state index contributed by atoms with van der Waals surface area (Å²) in [6.07, 6.45) is 4.86. The average Bonchev–Trinajstić information content (AvgIpc) is 2.15. The first-order chi connectivity index (χ1) is 6.22. The summed E-state index contributed by atoms with van der Waals surface area (Å²) in [5.41, 5.74) is 0. The van der Waals surface area contributed by atoms with E-state index in [1.165, 1.54) is 12.8 Å². The minimum Gasteiger partial charge on any atom is -0.392 e. The molecule has 1 fully saturated rings. The zero-order chi connectivity index (χ0) is 9.68. The first-order valence-electron chi connectivity index (χ1n) is 5.16. The van der Waals surface area contributed by atoms with Crippen LogP contribution in [-0.4, -0.2) is 37.0 Å². The SMILES string of the molecule is COC1CCC(NC[C@H](C)O)CC1. The first-order valence-corrected chi connectivity index (χ1v) is 5.16. The zero-order valence-corrected chi connectivity index (χ0v) is 8.62. The largest absolute Gasteiger partial charge is 0.392 e. The second kappa shape index (κ2) is 5.58. The van der Waals surface area contributed by atoms with Crippen LogP contribution in [0.3, 0.4) is 0 Å². The Bertz CT molecular complexity index is 131. The summed E-state index contributed by atoms with van der Waals surface area (Å²) in [5.74, 6) is 0. The maximum atomic E-state index is 9.09. The molecule has 1 aliphatic rings. The topological polar surface area (TPSA) is 41.5 Å². The van der Waals surface area contributed by atoms with Crippen molar-refractivity contribution in [2.45, 2.75) is 50.9 Å². The molecule has 0 aliphatic heterocycles. The predicted octanol–water partition coefficient (Wildman–Crippen LogP) is 0.914. The lowest BCUT2D eigenvalue weighted by atomic mass is 9.93. The van der Waals surface area contributed by atoms with E-state index in [0.717, 1.165) is 12.8 Å². The molecule has 0 unspecified atom stereocenters. The Morgan fingerprint density at radius 2 is 2.00 bits per heavy atom. The molecule has 0 bridgehead atoms. The van der Waals surface area contributed by atoms with Gasteiger partial charge in [-0.05, 0) is 32.6 Å². The summed E-state index contributed by atoms with van der Waals surface area (Å²) in [6.45, 7) is 2.52. The molecule has 0 aromatic carbocycles. The number of aliphatic hydroxyl groups is 1. The first kappa shape index (κ1) is 11.0. The number of hydrogen-bond acceptors (Lipinski definition) is 3. The van der Waals surface area contributed by atoms with Crippen LogP contribution in [0.2, 0.25) is 0 Å². The monoisotopic (exact) mass is 187 g/mol. The molecule has 3 heteroatoms. The van der Waals surface area contributed by atoms with Gasteiger partial charge in [0.25, 0.3) is 0 Å². The molecule has 2 N–H and O–H groups in total. The minimum absolute atomic E-state index is 0.236. The summed E-state index contributed by atoms with van der Waals surface area (Å²) in [7, 11) is 1.79. The molecule has 1 saturated carbocycles. The second-order valence-electron chi connectivity index (χ2n) is 3.97. The molecule has 0 radical (unpaired) electrons. The smallest absolute Gasteiger partial charge is 0.0636 e. The van der Waals surface area contributed by atoms with E-state index in [4.69, 9.17) is 9.84 Å². The molecule has 3 nitrogen and oxygen atoms in total. The van der Waals surface area contributed by atoms with Crippen molar-refractivity contribution in [3.8, 4) is 0 Å². The second-order valence-corrected chi connectivity index (χ2v) is 3.97. The van der Waals surface area contributed by atoms with E-state index >= 15 is 0 Å². The van der Waals surface area contributed by atoms with Crippen molar-refractivity contribution < 1.29 is 9.84 Å². The van der Waals surface area contributed by atoms with Crippen molar-refractivity contribution >= 4 is 0 Å². The zero-order valence-electron chi connectivity index (χ0n) is 8.62. The molecule has 1 aliphatic carbocycles. The van der Waals surface area contributed by atoms with Crippen molar-refractivity contribution in [3.05, 3.63) is 0 Å². The molecular weight excluding hydrogens is 166 g/mol. The number of nitrogens with one attached hydrogen (secondary N) is 1. The lowest BCUT2D eigenvalue weighted by Gasteiger charge is -2.28. The van der Waals surface area contributed by atoms with Gasteiger partial charge >= 0.3 is 0 Å². The molecule has 0 amide bonds. The van der Waals surface area contributed by atoms with Crippen LogP contribution in [0.4, 0.5) is 0 Å². The van der Waals surface area contributed by atoms with E-state index in [1.807, 2.05) is 6.92 Å². The third kappa shape index (κ3) is 4.07. The van der Waals surface area contributed by atoms with Crippen molar-refractivity contribution in [3.63, 3.8) is 0 Å². The highest BCUT2D eigenvalue weighted by Gasteiger charge is 2.20. The molecule has 13 heavy (non-hydrogen) atoms. The van der Waals surface area contributed by atoms with E-state index in [0.29, 0.717) is 18.7 Å². The van der Waals surface area contributed by atoms with Gasteiger partial charge in [-0.15, -0.1) is 0 Å². The van der Waals surface area contributed by atoms with Gasteiger partial charge in [-0.1, -0.05) is 0 Å². The van der Waals surface area contributed by atoms with Crippen LogP contribution in [-0.2, 0) is 4.74 Å². The number of aliphatic hydroxyl groups excluding tert-OH is 1. The fourth-order valence-electron chi connectivity index (χ4n) is 1.84. The number of methoxy groups -OCH3 is 1. The van der Waals surface area contributed by atoms with Crippen LogP contribution in [0, 0.1) is 0 Å². The van der Waals surface area contributed by atoms with E-state index < -0.39 is 0 Å². The lowest BCUT2D eigenvalue weighted by Crippen LogP contribution is -2.38. The van der Waals surface area contributed by atoms with Gasteiger partial charge in [0.1, 0.15) is 0 Å². The van der Waals surface area contributed by atoms with Gasteiger partial charge in [0.15, 0.2) is 0 Å². The van der Waals surface area contributed by atoms with Crippen LogP contribution in [0.5, 0.6) is 0 Å². The Balaban J connectivity index is 2.10. The third-order valence-electron chi connectivity index (χ3n) is 2.71. The van der Waals surface area contributed by atoms with E-state index in [9.17, 15) is 0 Å². The number of hydrogen-bond donors (Lipinski definition) is 2. The fraction of sp³-hybridized carbons (Fsp3) is 1.00. The molecule has 0 spiro atoms. The van der Waals surface area contributed by atoms with Crippen molar-refractivity contribution in [1.29, 1.82) is 0 Å². The van der Waals surface area contributed by atoms with Crippen LogP contribution in [0.1, 0.15) is 32.6 Å². The minimum atomic E-state index is -0.236. The lowest BCUT2D eigenvalue weighted by molar-refractivity contribution is 0.0608. The molecule has 78 valence electrons. The summed E-state index contributed by atoms with van der Waals surface area (Å²) in [5, 5.41) is 12.5. The number of rotatable bonds is 4. The molecule has 0 heterocycles. The molecule has 1 atom stereocenters. The predicted molar refractivity (Wildman–Crippen MR) is 52.7 cm³/mol. The maximum Gasteiger partial charge on any atom is 0.0636 e. The molecule has 0 aromatic heterocycles. The van der Waals surface area contributed by atoms with Crippen LogP contribution < -0.4 is 5.32 Å². The third-order valence-corrected chi connectivity index (χ3v) is 2.71. The van der Waals surface area contributed by atoms with Gasteiger partial charge < -0.3 is 15.2 Å². The highest BCUT2D eigenvalue weighted by Crippen LogP contribution is 2.20. The summed E-state index contributed by atoms with van der Waals surface area (Å²) >= 11 is 0. The summed E-state index contributed by atoms with van der Waals surface area (Å²) in [6, 6.07) is 0.584. The molecule has 0 saturated heterocycles.